The van der Waals surface area contributed by atoms with Crippen LogP contribution in [0, 0.1) is 17.8 Å². The van der Waals surface area contributed by atoms with E-state index in [2.05, 4.69) is 11.8 Å². The number of benzene rings is 2. The van der Waals surface area contributed by atoms with Gasteiger partial charge in [-0.3, -0.25) is 0 Å². The van der Waals surface area contributed by atoms with Crippen molar-refractivity contribution in [2.75, 3.05) is 13.2 Å². The Bertz CT molecular complexity index is 976. The van der Waals surface area contributed by atoms with Crippen LogP contribution in [-0.2, 0) is 11.2 Å². The zero-order chi connectivity index (χ0) is 22.7. The van der Waals surface area contributed by atoms with Crippen LogP contribution in [0.3, 0.4) is 0 Å². The zero-order valence-electron chi connectivity index (χ0n) is 17.5. The molecule has 5 atom stereocenters. The monoisotopic (exact) mass is 458 g/mol. The maximum atomic E-state index is 10.4. The molecule has 32 heavy (non-hydrogen) atoms. The van der Waals surface area contributed by atoms with E-state index < -0.39 is 37.1 Å². The van der Waals surface area contributed by atoms with Crippen molar-refractivity contribution in [3.8, 4) is 17.6 Å². The third kappa shape index (κ3) is 5.44. The topological polar surface area (TPSA) is 99.4 Å². The Morgan fingerprint density at radius 3 is 2.44 bits per heavy atom. The quantitative estimate of drug-likeness (QED) is 0.495. The van der Waals surface area contributed by atoms with Gasteiger partial charge in [0.1, 0.15) is 42.9 Å². The largest absolute Gasteiger partial charge is 0.481 e. The number of hydrogen-bond acceptors (Lipinski definition) is 6. The molecule has 0 bridgehead atoms. The predicted octanol–water partition coefficient (Wildman–Crippen LogP) is 2.24. The average molecular weight is 459 g/mol. The molecule has 1 aliphatic heterocycles. The fourth-order valence-electron chi connectivity index (χ4n) is 3.74. The van der Waals surface area contributed by atoms with Crippen LogP contribution in [0.4, 0.5) is 0 Å². The summed E-state index contributed by atoms with van der Waals surface area (Å²) in [4.78, 5) is 0. The first-order chi connectivity index (χ1) is 15.5. The van der Waals surface area contributed by atoms with Gasteiger partial charge in [0.25, 0.3) is 0 Å². The second kappa shape index (κ2) is 10.2. The molecule has 1 aliphatic carbocycles. The Balaban J connectivity index is 1.44. The molecule has 1 saturated heterocycles. The second-order valence-electron chi connectivity index (χ2n) is 8.31. The molecule has 170 valence electrons. The summed E-state index contributed by atoms with van der Waals surface area (Å²) < 4.78 is 11.3. The molecule has 0 amide bonds. The van der Waals surface area contributed by atoms with Crippen LogP contribution >= 0.6 is 11.6 Å². The van der Waals surface area contributed by atoms with Gasteiger partial charge in [-0.15, -0.1) is 0 Å². The molecular weight excluding hydrogens is 432 g/mol. The summed E-state index contributed by atoms with van der Waals surface area (Å²) in [5, 5.41) is 40.5. The lowest BCUT2D eigenvalue weighted by Crippen LogP contribution is -2.55. The number of hydrogen-bond donors (Lipinski definition) is 4. The van der Waals surface area contributed by atoms with Gasteiger partial charge in [-0.05, 0) is 54.2 Å². The molecule has 1 saturated carbocycles. The van der Waals surface area contributed by atoms with E-state index in [1.54, 1.807) is 12.1 Å². The molecule has 2 fully saturated rings. The SMILES string of the molecule is OC[C@H]1O[C@@H](c2ccc(Cl)c(Cc3ccc(OCC#CC4CC4)cc3)c2)[C@H](O)[C@@H](O)[C@@H]1O. The molecule has 2 aliphatic rings. The van der Waals surface area contributed by atoms with Crippen molar-refractivity contribution in [2.24, 2.45) is 5.92 Å². The lowest BCUT2D eigenvalue weighted by Gasteiger charge is -2.40. The van der Waals surface area contributed by atoms with Crippen molar-refractivity contribution >= 4 is 11.6 Å². The van der Waals surface area contributed by atoms with Crippen molar-refractivity contribution in [2.45, 2.75) is 49.8 Å². The first-order valence-corrected chi connectivity index (χ1v) is 11.1. The van der Waals surface area contributed by atoms with E-state index in [4.69, 9.17) is 21.1 Å². The van der Waals surface area contributed by atoms with Crippen molar-refractivity contribution in [1.29, 1.82) is 0 Å². The van der Waals surface area contributed by atoms with Gasteiger partial charge >= 0.3 is 0 Å². The van der Waals surface area contributed by atoms with Crippen molar-refractivity contribution in [1.82, 2.24) is 0 Å². The Labute approximate surface area is 192 Å². The lowest BCUT2D eigenvalue weighted by atomic mass is 9.90. The van der Waals surface area contributed by atoms with Gasteiger partial charge in [0.2, 0.25) is 0 Å². The maximum absolute atomic E-state index is 10.4. The number of ether oxygens (including phenoxy) is 2. The standard InChI is InChI=1S/C25H27ClO6/c26-20-10-7-17(25-24(30)23(29)22(28)21(14-27)32-25)13-18(20)12-16-5-8-19(9-6-16)31-11-1-2-15-3-4-15/h5-10,13,15,21-25,27-30H,3-4,11-12,14H2/t21-,22-,23+,24-,25+/m1/s1. The Morgan fingerprint density at radius 2 is 1.75 bits per heavy atom. The molecule has 0 spiro atoms. The Kier molecular flexibility index (Phi) is 7.37. The summed E-state index contributed by atoms with van der Waals surface area (Å²) in [6.07, 6.45) is -3.06. The minimum atomic E-state index is -1.42. The highest BCUT2D eigenvalue weighted by Gasteiger charge is 2.44. The minimum absolute atomic E-state index is 0.378. The summed E-state index contributed by atoms with van der Waals surface area (Å²) in [6.45, 7) is -0.0920. The molecule has 1 heterocycles. The van der Waals surface area contributed by atoms with Crippen LogP contribution in [0.2, 0.25) is 5.02 Å². The van der Waals surface area contributed by atoms with E-state index in [1.165, 1.54) is 12.8 Å². The second-order valence-corrected chi connectivity index (χ2v) is 8.71. The van der Waals surface area contributed by atoms with Gasteiger partial charge in [0.15, 0.2) is 0 Å². The molecule has 0 aromatic heterocycles. The van der Waals surface area contributed by atoms with Gasteiger partial charge in [-0.25, -0.2) is 0 Å². The van der Waals surface area contributed by atoms with E-state index in [0.29, 0.717) is 29.5 Å². The number of aliphatic hydroxyl groups excluding tert-OH is 4. The molecular formula is C25H27ClO6. The van der Waals surface area contributed by atoms with Crippen molar-refractivity contribution in [3.05, 3.63) is 64.2 Å². The fourth-order valence-corrected chi connectivity index (χ4v) is 3.93. The molecule has 2 aromatic rings. The third-order valence-electron chi connectivity index (χ3n) is 5.80. The summed E-state index contributed by atoms with van der Waals surface area (Å²) >= 11 is 6.40. The summed E-state index contributed by atoms with van der Waals surface area (Å²) in [6, 6.07) is 12.9. The van der Waals surface area contributed by atoms with E-state index in [0.717, 1.165) is 16.9 Å². The number of rotatable bonds is 6. The Hall–Kier alpha value is -2.11. The summed E-state index contributed by atoms with van der Waals surface area (Å²) in [5.74, 6) is 7.51. The smallest absolute Gasteiger partial charge is 0.149 e. The first kappa shape index (κ1) is 23.1. The fraction of sp³-hybridized carbons (Fsp3) is 0.440. The normalized spacial score (nSPS) is 27.5. The summed E-state index contributed by atoms with van der Waals surface area (Å²) in [5.41, 5.74) is 2.45. The lowest BCUT2D eigenvalue weighted by molar-refractivity contribution is -0.231. The molecule has 4 N–H and O–H groups in total. The van der Waals surface area contributed by atoms with Gasteiger partial charge < -0.3 is 29.9 Å². The van der Waals surface area contributed by atoms with Gasteiger partial charge in [0, 0.05) is 10.9 Å². The van der Waals surface area contributed by atoms with Gasteiger partial charge in [0.05, 0.1) is 6.61 Å². The van der Waals surface area contributed by atoms with Gasteiger partial charge in [-0.1, -0.05) is 47.7 Å². The molecule has 0 radical (unpaired) electrons. The highest BCUT2D eigenvalue weighted by atomic mass is 35.5. The molecule has 0 unspecified atom stereocenters. The van der Waals surface area contributed by atoms with E-state index in [9.17, 15) is 20.4 Å². The van der Waals surface area contributed by atoms with Crippen LogP contribution in [0.15, 0.2) is 42.5 Å². The highest BCUT2D eigenvalue weighted by molar-refractivity contribution is 6.31. The van der Waals surface area contributed by atoms with Crippen LogP contribution in [0.25, 0.3) is 0 Å². The van der Waals surface area contributed by atoms with Crippen molar-refractivity contribution in [3.63, 3.8) is 0 Å². The first-order valence-electron chi connectivity index (χ1n) is 10.7. The molecule has 6 nitrogen and oxygen atoms in total. The van der Waals surface area contributed by atoms with Crippen LogP contribution < -0.4 is 4.74 Å². The van der Waals surface area contributed by atoms with Crippen LogP contribution in [0.1, 0.15) is 35.6 Å². The predicted molar refractivity (Wildman–Crippen MR) is 119 cm³/mol. The van der Waals surface area contributed by atoms with E-state index in [-0.39, 0.29) is 0 Å². The minimum Gasteiger partial charge on any atom is -0.481 e. The molecule has 2 aromatic carbocycles. The average Bonchev–Trinajstić information content (AvgIpc) is 3.63. The molecule has 7 heteroatoms. The summed E-state index contributed by atoms with van der Waals surface area (Å²) in [7, 11) is 0. The number of halogens is 1. The number of aliphatic hydroxyl groups is 4. The van der Waals surface area contributed by atoms with Crippen LogP contribution in [0.5, 0.6) is 5.75 Å². The van der Waals surface area contributed by atoms with Gasteiger partial charge in [-0.2, -0.15) is 0 Å². The third-order valence-corrected chi connectivity index (χ3v) is 6.17. The molecule has 4 rings (SSSR count). The van der Waals surface area contributed by atoms with E-state index >= 15 is 0 Å². The zero-order valence-corrected chi connectivity index (χ0v) is 18.3. The van der Waals surface area contributed by atoms with Crippen molar-refractivity contribution < 1.29 is 29.9 Å². The highest BCUT2D eigenvalue weighted by Crippen LogP contribution is 2.34. The maximum Gasteiger partial charge on any atom is 0.149 e. The van der Waals surface area contributed by atoms with Crippen LogP contribution in [-0.4, -0.2) is 58.1 Å². The van der Waals surface area contributed by atoms with E-state index in [1.807, 2.05) is 30.3 Å². The Morgan fingerprint density at radius 1 is 1.00 bits per heavy atom.